The quantitative estimate of drug-likeness (QED) is 0.675. The van der Waals surface area contributed by atoms with Gasteiger partial charge in [0.15, 0.2) is 0 Å². The zero-order valence-corrected chi connectivity index (χ0v) is 12.9. The molecule has 0 amide bonds. The largest absolute Gasteiger partial charge is 0.798 e. The van der Waals surface area contributed by atoms with Crippen molar-refractivity contribution < 1.29 is 22.5 Å². The summed E-state index contributed by atoms with van der Waals surface area (Å²) < 4.78 is 44.5. The number of rotatable bonds is 3. The molecular formula is C15H9BF3NO3S. The topological polar surface area (TPSA) is 48.3 Å². The van der Waals surface area contributed by atoms with Crippen molar-refractivity contribution in [3.8, 4) is 0 Å². The molecule has 1 saturated carbocycles. The Balaban J connectivity index is 2.04. The first kappa shape index (κ1) is 15.3. The molecule has 0 unspecified atom stereocenters. The Morgan fingerprint density at radius 1 is 1.33 bits per heavy atom. The van der Waals surface area contributed by atoms with Crippen molar-refractivity contribution in [1.82, 2.24) is 4.57 Å². The summed E-state index contributed by atoms with van der Waals surface area (Å²) >= 11 is 1.04. The molecule has 0 saturated heterocycles. The van der Waals surface area contributed by atoms with E-state index in [1.807, 2.05) is 0 Å². The number of thiophene rings is 1. The standard InChI is InChI=1S/C15H9BF3NO3S/c17-7-1-4-9-11(5-7)24-14-12(9)20(8-2-3-8)6-10(13(14)21)15(22)23-16(18)19/h1,4-6,8H,2-3H2. The van der Waals surface area contributed by atoms with E-state index in [-0.39, 0.29) is 10.7 Å². The first-order valence-electron chi connectivity index (χ1n) is 7.21. The van der Waals surface area contributed by atoms with Crippen LogP contribution in [0.3, 0.4) is 0 Å². The summed E-state index contributed by atoms with van der Waals surface area (Å²) in [6, 6.07) is 4.29. The lowest BCUT2D eigenvalue weighted by Gasteiger charge is -2.10. The number of carbonyl (C=O) groups excluding carboxylic acids is 1. The number of pyridine rings is 1. The smallest absolute Gasteiger partial charge is 0.474 e. The van der Waals surface area contributed by atoms with Crippen molar-refractivity contribution in [2.45, 2.75) is 18.9 Å². The van der Waals surface area contributed by atoms with E-state index in [4.69, 9.17) is 0 Å². The van der Waals surface area contributed by atoms with Gasteiger partial charge in [-0.05, 0) is 31.0 Å². The van der Waals surface area contributed by atoms with Crippen molar-refractivity contribution in [1.29, 1.82) is 0 Å². The van der Waals surface area contributed by atoms with Gasteiger partial charge in [0.25, 0.3) is 0 Å². The number of hydrogen-bond donors (Lipinski definition) is 0. The van der Waals surface area contributed by atoms with Crippen molar-refractivity contribution >= 4 is 45.1 Å². The van der Waals surface area contributed by atoms with Crippen LogP contribution in [0.15, 0.2) is 29.2 Å². The molecule has 1 aliphatic carbocycles. The van der Waals surface area contributed by atoms with E-state index in [1.165, 1.54) is 18.3 Å². The summed E-state index contributed by atoms with van der Waals surface area (Å²) in [6.07, 6.45) is 3.00. The van der Waals surface area contributed by atoms with Crippen molar-refractivity contribution in [2.24, 2.45) is 0 Å². The third-order valence-electron chi connectivity index (χ3n) is 3.96. The summed E-state index contributed by atoms with van der Waals surface area (Å²) in [6.45, 7) is 0. The SMILES string of the molecule is O=C(OB(F)F)c1cn(C2CC2)c2c(sc3cc(F)ccc32)c1=O. The molecule has 0 radical (unpaired) electrons. The van der Waals surface area contributed by atoms with Crippen LogP contribution in [0.2, 0.25) is 0 Å². The van der Waals surface area contributed by atoms with Gasteiger partial charge >= 0.3 is 13.4 Å². The average Bonchev–Trinajstić information content (AvgIpc) is 3.27. The molecule has 2 heterocycles. The van der Waals surface area contributed by atoms with Gasteiger partial charge in [0.2, 0.25) is 5.43 Å². The van der Waals surface area contributed by atoms with Crippen molar-refractivity contribution in [3.05, 3.63) is 46.0 Å². The van der Waals surface area contributed by atoms with Gasteiger partial charge in [-0.2, -0.15) is 0 Å². The Bertz CT molecular complexity index is 1040. The molecule has 0 aliphatic heterocycles. The van der Waals surface area contributed by atoms with E-state index in [0.29, 0.717) is 15.6 Å². The van der Waals surface area contributed by atoms with Gasteiger partial charge in [-0.3, -0.25) is 4.79 Å². The molecule has 4 rings (SSSR count). The third-order valence-corrected chi connectivity index (χ3v) is 5.10. The lowest BCUT2D eigenvalue weighted by molar-refractivity contribution is 0.0693. The molecule has 1 fully saturated rings. The van der Waals surface area contributed by atoms with Crippen LogP contribution in [-0.4, -0.2) is 18.0 Å². The average molecular weight is 351 g/mol. The number of aromatic nitrogens is 1. The van der Waals surface area contributed by atoms with E-state index in [9.17, 15) is 22.6 Å². The molecule has 1 aliphatic rings. The molecule has 0 spiro atoms. The summed E-state index contributed by atoms with van der Waals surface area (Å²) in [5, 5.41) is 0.703. The summed E-state index contributed by atoms with van der Waals surface area (Å²) in [7, 11) is -3.29. The van der Waals surface area contributed by atoms with E-state index < -0.39 is 30.2 Å². The van der Waals surface area contributed by atoms with Gasteiger partial charge < -0.3 is 9.22 Å². The van der Waals surface area contributed by atoms with Crippen LogP contribution in [0.1, 0.15) is 29.2 Å². The second-order valence-electron chi connectivity index (χ2n) is 5.60. The molecule has 2 aromatic heterocycles. The molecule has 0 bridgehead atoms. The molecular weight excluding hydrogens is 342 g/mol. The number of carbonyl (C=O) groups is 1. The molecule has 122 valence electrons. The van der Waals surface area contributed by atoms with E-state index in [0.717, 1.165) is 24.2 Å². The summed E-state index contributed by atoms with van der Waals surface area (Å²) in [5.74, 6) is -1.79. The van der Waals surface area contributed by atoms with E-state index in [1.54, 1.807) is 10.6 Å². The fourth-order valence-electron chi connectivity index (χ4n) is 2.78. The van der Waals surface area contributed by atoms with Crippen LogP contribution in [0.4, 0.5) is 13.0 Å². The van der Waals surface area contributed by atoms with Crippen LogP contribution in [0, 0.1) is 5.82 Å². The fourth-order valence-corrected chi connectivity index (χ4v) is 3.96. The zero-order chi connectivity index (χ0) is 17.0. The number of nitrogens with zero attached hydrogens (tertiary/aromatic N) is 1. The minimum atomic E-state index is -3.29. The molecule has 0 atom stereocenters. The van der Waals surface area contributed by atoms with Crippen LogP contribution in [0.25, 0.3) is 20.3 Å². The minimum Gasteiger partial charge on any atom is -0.474 e. The van der Waals surface area contributed by atoms with Crippen LogP contribution in [0.5, 0.6) is 0 Å². The Morgan fingerprint density at radius 2 is 2.08 bits per heavy atom. The van der Waals surface area contributed by atoms with Gasteiger partial charge in [-0.15, -0.1) is 11.3 Å². The highest BCUT2D eigenvalue weighted by molar-refractivity contribution is 7.25. The minimum absolute atomic E-state index is 0.0917. The second-order valence-corrected chi connectivity index (χ2v) is 6.65. The van der Waals surface area contributed by atoms with Crippen LogP contribution in [-0.2, 0) is 4.65 Å². The maximum Gasteiger partial charge on any atom is 0.798 e. The number of fused-ring (bicyclic) bond motifs is 3. The Kier molecular flexibility index (Phi) is 3.41. The van der Waals surface area contributed by atoms with Gasteiger partial charge in [0.1, 0.15) is 16.1 Å². The third kappa shape index (κ3) is 2.39. The van der Waals surface area contributed by atoms with Crippen LogP contribution >= 0.6 is 11.3 Å². The molecule has 9 heteroatoms. The van der Waals surface area contributed by atoms with Gasteiger partial charge in [0.05, 0.1) is 5.52 Å². The zero-order valence-electron chi connectivity index (χ0n) is 12.1. The Labute approximate surface area is 137 Å². The molecule has 24 heavy (non-hydrogen) atoms. The molecule has 1 aromatic carbocycles. The predicted molar refractivity (Wildman–Crippen MR) is 85.2 cm³/mol. The summed E-state index contributed by atoms with van der Waals surface area (Å²) in [5.41, 5.74) is -0.494. The Hall–Kier alpha value is -2.29. The number of benzene rings is 1. The molecule has 3 aromatic rings. The van der Waals surface area contributed by atoms with Gasteiger partial charge in [-0.25, -0.2) is 17.8 Å². The fraction of sp³-hybridized carbons (Fsp3) is 0.200. The number of hydrogen-bond acceptors (Lipinski definition) is 4. The van der Waals surface area contributed by atoms with Gasteiger partial charge in [0, 0.05) is 22.3 Å². The highest BCUT2D eigenvalue weighted by Gasteiger charge is 2.30. The first-order valence-corrected chi connectivity index (χ1v) is 8.03. The molecule has 0 N–H and O–H groups in total. The summed E-state index contributed by atoms with van der Waals surface area (Å²) in [4.78, 5) is 24.4. The first-order chi connectivity index (χ1) is 11.5. The maximum absolute atomic E-state index is 13.5. The van der Waals surface area contributed by atoms with E-state index in [2.05, 4.69) is 4.65 Å². The van der Waals surface area contributed by atoms with Crippen molar-refractivity contribution in [3.63, 3.8) is 0 Å². The Morgan fingerprint density at radius 3 is 2.75 bits per heavy atom. The molecule has 4 nitrogen and oxygen atoms in total. The highest BCUT2D eigenvalue weighted by Crippen LogP contribution is 2.41. The van der Waals surface area contributed by atoms with Gasteiger partial charge in [-0.1, -0.05) is 0 Å². The van der Waals surface area contributed by atoms with Crippen LogP contribution < -0.4 is 5.43 Å². The highest BCUT2D eigenvalue weighted by atomic mass is 32.1. The predicted octanol–water partition coefficient (Wildman–Crippen LogP) is 3.77. The lowest BCUT2D eigenvalue weighted by Crippen LogP contribution is -2.22. The maximum atomic E-state index is 13.5. The number of halogens is 3. The monoisotopic (exact) mass is 351 g/mol. The van der Waals surface area contributed by atoms with Crippen molar-refractivity contribution in [2.75, 3.05) is 0 Å². The van der Waals surface area contributed by atoms with E-state index >= 15 is 0 Å². The lowest BCUT2D eigenvalue weighted by atomic mass is 10.2. The second kappa shape index (κ2) is 5.37. The normalized spacial score (nSPS) is 14.3.